The molecule has 26 heavy (non-hydrogen) atoms. The summed E-state index contributed by atoms with van der Waals surface area (Å²) in [5, 5.41) is 11.9. The number of ether oxygens (including phenoxy) is 2. The summed E-state index contributed by atoms with van der Waals surface area (Å²) in [5.41, 5.74) is 10.4. The molecule has 2 aromatic rings. The largest absolute Gasteiger partial charge is 0.496 e. The average molecular weight is 374 g/mol. The van der Waals surface area contributed by atoms with Gasteiger partial charge in [0.2, 0.25) is 0 Å². The summed E-state index contributed by atoms with van der Waals surface area (Å²) < 4.78 is 10.7. The SMILES string of the molecule is COc1cc(OC)c(Cl)c(NC/C(N)=C/C(=N)c2ccccc2C)c1C. The van der Waals surface area contributed by atoms with E-state index in [0.29, 0.717) is 40.2 Å². The van der Waals surface area contributed by atoms with E-state index in [9.17, 15) is 0 Å². The Bertz CT molecular complexity index is 819. The zero-order valence-corrected chi connectivity index (χ0v) is 16.2. The monoisotopic (exact) mass is 373 g/mol. The molecule has 0 aliphatic rings. The average Bonchev–Trinajstić information content (AvgIpc) is 2.62. The number of halogens is 1. The van der Waals surface area contributed by atoms with Gasteiger partial charge in [0.1, 0.15) is 16.5 Å². The van der Waals surface area contributed by atoms with Gasteiger partial charge in [-0.25, -0.2) is 0 Å². The van der Waals surface area contributed by atoms with Crippen LogP contribution in [0.3, 0.4) is 0 Å². The van der Waals surface area contributed by atoms with Gasteiger partial charge in [0.15, 0.2) is 0 Å². The van der Waals surface area contributed by atoms with Gasteiger partial charge in [-0.15, -0.1) is 0 Å². The van der Waals surface area contributed by atoms with Crippen LogP contribution in [0.4, 0.5) is 5.69 Å². The number of rotatable bonds is 7. The summed E-state index contributed by atoms with van der Waals surface area (Å²) in [6.45, 7) is 4.21. The fraction of sp³-hybridized carbons (Fsp3) is 0.250. The molecule has 0 fully saturated rings. The van der Waals surface area contributed by atoms with Gasteiger partial charge in [0, 0.05) is 22.9 Å². The van der Waals surface area contributed by atoms with Crippen LogP contribution in [0.15, 0.2) is 42.1 Å². The maximum Gasteiger partial charge on any atom is 0.143 e. The molecule has 0 saturated carbocycles. The number of benzene rings is 2. The van der Waals surface area contributed by atoms with Crippen LogP contribution in [0.2, 0.25) is 5.02 Å². The van der Waals surface area contributed by atoms with Crippen molar-refractivity contribution in [1.29, 1.82) is 5.41 Å². The van der Waals surface area contributed by atoms with E-state index < -0.39 is 0 Å². The molecule has 6 heteroatoms. The highest BCUT2D eigenvalue weighted by Crippen LogP contribution is 2.40. The van der Waals surface area contributed by atoms with Gasteiger partial charge >= 0.3 is 0 Å². The first-order valence-electron chi connectivity index (χ1n) is 8.14. The Morgan fingerprint density at radius 2 is 1.85 bits per heavy atom. The number of aryl methyl sites for hydroxylation is 1. The molecule has 0 aromatic heterocycles. The Labute approximate surface area is 159 Å². The molecule has 0 atom stereocenters. The second-order valence-corrected chi connectivity index (χ2v) is 6.27. The topological polar surface area (TPSA) is 80.4 Å². The molecule has 0 spiro atoms. The molecule has 2 aromatic carbocycles. The first kappa shape index (κ1) is 19.7. The zero-order chi connectivity index (χ0) is 19.3. The summed E-state index contributed by atoms with van der Waals surface area (Å²) in [6.07, 6.45) is 1.65. The minimum absolute atomic E-state index is 0.338. The second kappa shape index (κ2) is 8.63. The number of hydrogen-bond donors (Lipinski definition) is 3. The molecule has 0 amide bonds. The first-order chi connectivity index (χ1) is 12.4. The summed E-state index contributed by atoms with van der Waals surface area (Å²) >= 11 is 6.40. The van der Waals surface area contributed by atoms with Crippen molar-refractivity contribution in [2.24, 2.45) is 5.73 Å². The van der Waals surface area contributed by atoms with Crippen LogP contribution >= 0.6 is 11.6 Å². The van der Waals surface area contributed by atoms with Gasteiger partial charge in [-0.05, 0) is 25.5 Å². The Morgan fingerprint density at radius 3 is 2.46 bits per heavy atom. The molecule has 0 radical (unpaired) electrons. The van der Waals surface area contributed by atoms with Crippen LogP contribution in [-0.4, -0.2) is 26.5 Å². The third-order valence-electron chi connectivity index (χ3n) is 4.12. The Balaban J connectivity index is 2.20. The summed E-state index contributed by atoms with van der Waals surface area (Å²) in [4.78, 5) is 0. The number of hydrogen-bond acceptors (Lipinski definition) is 5. The van der Waals surface area contributed by atoms with Crippen LogP contribution in [0.25, 0.3) is 0 Å². The molecule has 0 saturated heterocycles. The van der Waals surface area contributed by atoms with Crippen LogP contribution in [0.5, 0.6) is 11.5 Å². The van der Waals surface area contributed by atoms with Crippen molar-refractivity contribution in [3.05, 3.63) is 63.8 Å². The minimum atomic E-state index is 0.338. The predicted molar refractivity (Wildman–Crippen MR) is 108 cm³/mol. The minimum Gasteiger partial charge on any atom is -0.496 e. The number of allylic oxidation sites excluding steroid dienone is 1. The number of methoxy groups -OCH3 is 2. The third-order valence-corrected chi connectivity index (χ3v) is 4.49. The molecule has 0 heterocycles. The lowest BCUT2D eigenvalue weighted by Crippen LogP contribution is -2.15. The van der Waals surface area contributed by atoms with E-state index in [-0.39, 0.29) is 0 Å². The van der Waals surface area contributed by atoms with E-state index in [2.05, 4.69) is 5.32 Å². The molecule has 5 nitrogen and oxygen atoms in total. The second-order valence-electron chi connectivity index (χ2n) is 5.90. The highest BCUT2D eigenvalue weighted by molar-refractivity contribution is 6.35. The number of nitrogens with two attached hydrogens (primary N) is 1. The van der Waals surface area contributed by atoms with Gasteiger partial charge in [0.25, 0.3) is 0 Å². The van der Waals surface area contributed by atoms with Gasteiger partial charge in [-0.3, -0.25) is 0 Å². The predicted octanol–water partition coefficient (Wildman–Crippen LogP) is 4.30. The smallest absolute Gasteiger partial charge is 0.143 e. The van der Waals surface area contributed by atoms with Gasteiger partial charge in [0.05, 0.1) is 32.2 Å². The summed E-state index contributed by atoms with van der Waals surface area (Å²) in [6, 6.07) is 9.48. The Kier molecular flexibility index (Phi) is 6.52. The van der Waals surface area contributed by atoms with E-state index in [1.807, 2.05) is 38.1 Å². The van der Waals surface area contributed by atoms with Gasteiger partial charge < -0.3 is 25.9 Å². The van der Waals surface area contributed by atoms with Crippen molar-refractivity contribution < 1.29 is 9.47 Å². The molecule has 2 rings (SSSR count). The summed E-state index contributed by atoms with van der Waals surface area (Å²) in [7, 11) is 3.15. The third kappa shape index (κ3) is 4.29. The first-order valence-corrected chi connectivity index (χ1v) is 8.52. The van der Waals surface area contributed by atoms with E-state index in [1.54, 1.807) is 26.4 Å². The fourth-order valence-corrected chi connectivity index (χ4v) is 2.99. The van der Waals surface area contributed by atoms with Gasteiger partial charge in [-0.2, -0.15) is 0 Å². The van der Waals surface area contributed by atoms with Crippen molar-refractivity contribution in [3.8, 4) is 11.5 Å². The maximum absolute atomic E-state index is 8.25. The highest BCUT2D eigenvalue weighted by atomic mass is 35.5. The molecular formula is C20H24ClN3O2. The highest BCUT2D eigenvalue weighted by Gasteiger charge is 2.15. The van der Waals surface area contributed by atoms with E-state index in [0.717, 1.165) is 16.7 Å². The van der Waals surface area contributed by atoms with Gasteiger partial charge in [-0.1, -0.05) is 35.9 Å². The molecule has 0 bridgehead atoms. The molecule has 0 unspecified atom stereocenters. The lowest BCUT2D eigenvalue weighted by atomic mass is 10.0. The Hall–Kier alpha value is -2.66. The lowest BCUT2D eigenvalue weighted by molar-refractivity contribution is 0.393. The number of nitrogens with one attached hydrogen (secondary N) is 2. The van der Waals surface area contributed by atoms with E-state index >= 15 is 0 Å². The van der Waals surface area contributed by atoms with Crippen molar-refractivity contribution in [1.82, 2.24) is 0 Å². The van der Waals surface area contributed by atoms with Crippen LogP contribution in [0, 0.1) is 19.3 Å². The molecular weight excluding hydrogens is 350 g/mol. The quantitative estimate of drug-likeness (QED) is 0.632. The number of anilines is 1. The van der Waals surface area contributed by atoms with Crippen molar-refractivity contribution in [2.45, 2.75) is 13.8 Å². The van der Waals surface area contributed by atoms with E-state index in [1.165, 1.54) is 0 Å². The Morgan fingerprint density at radius 1 is 1.19 bits per heavy atom. The lowest BCUT2D eigenvalue weighted by Gasteiger charge is -2.17. The summed E-state index contributed by atoms with van der Waals surface area (Å²) in [5.74, 6) is 1.19. The molecule has 0 aliphatic carbocycles. The van der Waals surface area contributed by atoms with Crippen LogP contribution in [0.1, 0.15) is 16.7 Å². The van der Waals surface area contributed by atoms with Crippen molar-refractivity contribution in [2.75, 3.05) is 26.1 Å². The molecule has 138 valence electrons. The van der Waals surface area contributed by atoms with Crippen LogP contribution < -0.4 is 20.5 Å². The normalized spacial score (nSPS) is 11.2. The van der Waals surface area contributed by atoms with Crippen molar-refractivity contribution >= 4 is 23.0 Å². The van der Waals surface area contributed by atoms with E-state index in [4.69, 9.17) is 32.2 Å². The standard InChI is InChI=1S/C20H24ClN3O2/c1-12-7-5-6-8-15(12)16(23)9-14(22)11-24-20-13(2)17(25-3)10-18(26-4)19(20)21/h5-10,23-24H,11,22H2,1-4H3/b14-9-,23-16?. The van der Waals surface area contributed by atoms with Crippen molar-refractivity contribution in [3.63, 3.8) is 0 Å². The zero-order valence-electron chi connectivity index (χ0n) is 15.4. The molecule has 0 aliphatic heterocycles. The molecule has 4 N–H and O–H groups in total. The van der Waals surface area contributed by atoms with Crippen LogP contribution in [-0.2, 0) is 0 Å². The maximum atomic E-state index is 8.25. The fourth-order valence-electron chi connectivity index (χ4n) is 2.65.